The van der Waals surface area contributed by atoms with E-state index in [1.807, 2.05) is 59.3 Å². The third-order valence-corrected chi connectivity index (χ3v) is 7.86. The van der Waals surface area contributed by atoms with Crippen LogP contribution >= 0.6 is 0 Å². The first-order chi connectivity index (χ1) is 19.6. The van der Waals surface area contributed by atoms with Gasteiger partial charge < -0.3 is 14.1 Å². The standard InChI is InChI=1S/C31H34N6O3/c1-21-10-15-28-23(17-21)18-27(31(38)32-28)29(30-33-34-35-37(30)24-7-4-3-5-8-24)36(20-26-9-6-16-40-26)19-22-11-13-25(39-2)14-12-22/h6,9-18,24,29H,3-5,7-8,19-20H2,1-2H3,(H,32,38)/t29-/m1/s1. The van der Waals surface area contributed by atoms with Gasteiger partial charge in [0.2, 0.25) is 0 Å². The molecule has 1 fully saturated rings. The number of nitrogens with one attached hydrogen (secondary N) is 1. The van der Waals surface area contributed by atoms with Crippen molar-refractivity contribution in [3.05, 3.63) is 106 Å². The van der Waals surface area contributed by atoms with Gasteiger partial charge in [-0.15, -0.1) is 5.10 Å². The van der Waals surface area contributed by atoms with Gasteiger partial charge in [0, 0.05) is 17.6 Å². The Kier molecular flexibility index (Phi) is 7.46. The lowest BCUT2D eigenvalue weighted by Gasteiger charge is -2.32. The highest BCUT2D eigenvalue weighted by Gasteiger charge is 2.33. The van der Waals surface area contributed by atoms with Gasteiger partial charge in [0.1, 0.15) is 17.6 Å². The fourth-order valence-corrected chi connectivity index (χ4v) is 5.82. The van der Waals surface area contributed by atoms with E-state index in [-0.39, 0.29) is 11.6 Å². The number of tetrazole rings is 1. The molecule has 1 atom stereocenters. The van der Waals surface area contributed by atoms with Gasteiger partial charge in [-0.05, 0) is 83.6 Å². The van der Waals surface area contributed by atoms with Crippen molar-refractivity contribution in [2.45, 2.75) is 64.2 Å². The van der Waals surface area contributed by atoms with Crippen molar-refractivity contribution in [2.75, 3.05) is 7.11 Å². The van der Waals surface area contributed by atoms with E-state index in [4.69, 9.17) is 9.15 Å². The summed E-state index contributed by atoms with van der Waals surface area (Å²) >= 11 is 0. The summed E-state index contributed by atoms with van der Waals surface area (Å²) in [5, 5.41) is 14.2. The number of fused-ring (bicyclic) bond motifs is 1. The van der Waals surface area contributed by atoms with Crippen LogP contribution in [0, 0.1) is 6.92 Å². The van der Waals surface area contributed by atoms with Gasteiger partial charge in [-0.3, -0.25) is 9.69 Å². The Morgan fingerprint density at radius 3 is 2.65 bits per heavy atom. The first-order valence-electron chi connectivity index (χ1n) is 13.9. The molecule has 3 heterocycles. The van der Waals surface area contributed by atoms with Crippen LogP contribution in [0.15, 0.2) is 76.1 Å². The average molecular weight is 539 g/mol. The molecule has 1 aliphatic rings. The Labute approximate surface area is 232 Å². The summed E-state index contributed by atoms with van der Waals surface area (Å²) in [5.74, 6) is 2.26. The summed E-state index contributed by atoms with van der Waals surface area (Å²) in [7, 11) is 1.66. The first kappa shape index (κ1) is 26.0. The number of furan rings is 1. The molecular weight excluding hydrogens is 504 g/mol. The monoisotopic (exact) mass is 538 g/mol. The number of methoxy groups -OCH3 is 1. The smallest absolute Gasteiger partial charge is 0.253 e. The molecule has 0 radical (unpaired) electrons. The molecular formula is C31H34N6O3. The number of rotatable bonds is 9. The Balaban J connectivity index is 1.51. The molecule has 6 rings (SSSR count). The van der Waals surface area contributed by atoms with Crippen molar-refractivity contribution in [1.29, 1.82) is 0 Å². The van der Waals surface area contributed by atoms with E-state index in [1.165, 1.54) is 6.42 Å². The van der Waals surface area contributed by atoms with Crippen LogP contribution in [0.1, 0.15) is 72.5 Å². The maximum Gasteiger partial charge on any atom is 0.253 e. The van der Waals surface area contributed by atoms with Crippen LogP contribution in [-0.2, 0) is 13.1 Å². The number of hydrogen-bond donors (Lipinski definition) is 1. The number of ether oxygens (including phenoxy) is 1. The van der Waals surface area contributed by atoms with Crippen LogP contribution in [0.3, 0.4) is 0 Å². The van der Waals surface area contributed by atoms with Gasteiger partial charge in [-0.2, -0.15) is 0 Å². The van der Waals surface area contributed by atoms with E-state index in [1.54, 1.807) is 13.4 Å². The van der Waals surface area contributed by atoms with Crippen molar-refractivity contribution in [3.63, 3.8) is 0 Å². The van der Waals surface area contributed by atoms with E-state index < -0.39 is 6.04 Å². The molecule has 3 aromatic heterocycles. The normalized spacial score (nSPS) is 15.1. The molecule has 1 saturated carbocycles. The van der Waals surface area contributed by atoms with Crippen molar-refractivity contribution in [1.82, 2.24) is 30.1 Å². The number of benzene rings is 2. The fraction of sp³-hybridized carbons (Fsp3) is 0.355. The summed E-state index contributed by atoms with van der Waals surface area (Å²) in [6.45, 7) is 3.06. The number of nitrogens with zero attached hydrogens (tertiary/aromatic N) is 5. The number of aromatic nitrogens is 5. The SMILES string of the molecule is COc1ccc(CN(Cc2ccco2)[C@H](c2cc3cc(C)ccc3[nH]c2=O)c2nnnn2C2CCCCC2)cc1. The van der Waals surface area contributed by atoms with Gasteiger partial charge in [0.05, 0.1) is 26.0 Å². The molecule has 2 aromatic carbocycles. The zero-order valence-electron chi connectivity index (χ0n) is 22.9. The highest BCUT2D eigenvalue weighted by molar-refractivity contribution is 5.79. The Morgan fingerprint density at radius 1 is 1.07 bits per heavy atom. The summed E-state index contributed by atoms with van der Waals surface area (Å²) in [6.07, 6.45) is 7.24. The van der Waals surface area contributed by atoms with E-state index >= 15 is 0 Å². The van der Waals surface area contributed by atoms with Crippen molar-refractivity contribution in [2.24, 2.45) is 0 Å². The van der Waals surface area contributed by atoms with E-state index in [0.717, 1.165) is 59.2 Å². The second-order valence-corrected chi connectivity index (χ2v) is 10.7. The lowest BCUT2D eigenvalue weighted by molar-refractivity contribution is 0.173. The van der Waals surface area contributed by atoms with Crippen LogP contribution < -0.4 is 10.3 Å². The van der Waals surface area contributed by atoms with E-state index in [2.05, 4.69) is 38.4 Å². The van der Waals surface area contributed by atoms with Gasteiger partial charge >= 0.3 is 0 Å². The number of H-pyrrole nitrogens is 1. The fourth-order valence-electron chi connectivity index (χ4n) is 5.82. The zero-order chi connectivity index (χ0) is 27.5. The Bertz CT molecular complexity index is 1620. The van der Waals surface area contributed by atoms with Crippen LogP contribution in [0.5, 0.6) is 5.75 Å². The maximum absolute atomic E-state index is 13.8. The molecule has 0 unspecified atom stereocenters. The van der Waals surface area contributed by atoms with Crippen molar-refractivity contribution >= 4 is 10.9 Å². The predicted octanol–water partition coefficient (Wildman–Crippen LogP) is 5.72. The number of hydrogen-bond acceptors (Lipinski definition) is 7. The lowest BCUT2D eigenvalue weighted by atomic mass is 9.95. The maximum atomic E-state index is 13.8. The number of aryl methyl sites for hydroxylation is 1. The Hall–Kier alpha value is -4.24. The molecule has 0 saturated heterocycles. The second-order valence-electron chi connectivity index (χ2n) is 10.7. The number of pyridine rings is 1. The van der Waals surface area contributed by atoms with E-state index in [9.17, 15) is 4.79 Å². The van der Waals surface area contributed by atoms with Crippen LogP contribution in [-0.4, -0.2) is 37.2 Å². The second kappa shape index (κ2) is 11.5. The number of aromatic amines is 1. The predicted molar refractivity (Wildman–Crippen MR) is 152 cm³/mol. The topological polar surface area (TPSA) is 102 Å². The minimum Gasteiger partial charge on any atom is -0.497 e. The van der Waals surface area contributed by atoms with Crippen molar-refractivity contribution < 1.29 is 9.15 Å². The average Bonchev–Trinajstić information content (AvgIpc) is 3.67. The quantitative estimate of drug-likeness (QED) is 0.256. The van der Waals surface area contributed by atoms with Crippen LogP contribution in [0.2, 0.25) is 0 Å². The first-order valence-corrected chi connectivity index (χ1v) is 13.9. The summed E-state index contributed by atoms with van der Waals surface area (Å²) in [4.78, 5) is 19.1. The van der Waals surface area contributed by atoms with E-state index in [0.29, 0.717) is 24.5 Å². The molecule has 0 bridgehead atoms. The van der Waals surface area contributed by atoms with Crippen LogP contribution in [0.25, 0.3) is 10.9 Å². The summed E-state index contributed by atoms with van der Waals surface area (Å²) in [6, 6.07) is 19.6. The molecule has 9 nitrogen and oxygen atoms in total. The van der Waals surface area contributed by atoms with Gasteiger partial charge in [0.25, 0.3) is 5.56 Å². The van der Waals surface area contributed by atoms with Crippen LogP contribution in [0.4, 0.5) is 0 Å². The third-order valence-electron chi connectivity index (χ3n) is 7.86. The minimum absolute atomic E-state index is 0.154. The molecule has 9 heteroatoms. The molecule has 0 aliphatic heterocycles. The molecule has 5 aromatic rings. The lowest BCUT2D eigenvalue weighted by Crippen LogP contribution is -2.35. The summed E-state index contributed by atoms with van der Waals surface area (Å²) in [5.41, 5.74) is 3.45. The van der Waals surface area contributed by atoms with Gasteiger partial charge in [0.15, 0.2) is 5.82 Å². The molecule has 1 N–H and O–H groups in total. The zero-order valence-corrected chi connectivity index (χ0v) is 22.9. The highest BCUT2D eigenvalue weighted by atomic mass is 16.5. The largest absolute Gasteiger partial charge is 0.497 e. The summed E-state index contributed by atoms with van der Waals surface area (Å²) < 4.78 is 13.1. The van der Waals surface area contributed by atoms with Gasteiger partial charge in [-0.1, -0.05) is 43.0 Å². The van der Waals surface area contributed by atoms with Gasteiger partial charge in [-0.25, -0.2) is 4.68 Å². The highest BCUT2D eigenvalue weighted by Crippen LogP contribution is 2.34. The molecule has 0 spiro atoms. The third kappa shape index (κ3) is 5.42. The Morgan fingerprint density at radius 2 is 1.90 bits per heavy atom. The molecule has 206 valence electrons. The minimum atomic E-state index is -0.516. The molecule has 40 heavy (non-hydrogen) atoms. The molecule has 1 aliphatic carbocycles. The molecule has 0 amide bonds. The van der Waals surface area contributed by atoms with Crippen molar-refractivity contribution in [3.8, 4) is 5.75 Å².